The van der Waals surface area contributed by atoms with Crippen molar-refractivity contribution in [1.82, 2.24) is 15.3 Å². The van der Waals surface area contributed by atoms with Gasteiger partial charge in [0.1, 0.15) is 17.9 Å². The van der Waals surface area contributed by atoms with E-state index in [-0.39, 0.29) is 42.4 Å². The first kappa shape index (κ1) is 29.1. The number of nitriles is 1. The van der Waals surface area contributed by atoms with Gasteiger partial charge in [0.05, 0.1) is 11.6 Å². The second kappa shape index (κ2) is 11.6. The number of pyridine rings is 1. The van der Waals surface area contributed by atoms with E-state index in [1.807, 2.05) is 18.2 Å². The zero-order valence-corrected chi connectivity index (χ0v) is 25.5. The van der Waals surface area contributed by atoms with Gasteiger partial charge in [-0.25, -0.2) is 9.37 Å². The number of nitrogens with one attached hydrogen (secondary N) is 2. The van der Waals surface area contributed by atoms with E-state index < -0.39 is 33.6 Å². The Morgan fingerprint density at radius 3 is 2.74 bits per heavy atom. The molecule has 2 N–H and O–H groups in total. The average molecular weight is 711 g/mol. The van der Waals surface area contributed by atoms with Crippen molar-refractivity contribution in [3.63, 3.8) is 0 Å². The highest BCUT2D eigenvalue weighted by Crippen LogP contribution is 2.43. The van der Waals surface area contributed by atoms with Gasteiger partial charge in [0, 0.05) is 64.9 Å². The van der Waals surface area contributed by atoms with Crippen LogP contribution in [0.3, 0.4) is 0 Å². The summed E-state index contributed by atoms with van der Waals surface area (Å²) in [6, 6.07) is 16.3. The number of carbonyl (C=O) groups excluding carboxylic acids is 3. The number of halogens is 3. The molecule has 43 heavy (non-hydrogen) atoms. The summed E-state index contributed by atoms with van der Waals surface area (Å²) in [5.74, 6) is -1.19. The predicted molar refractivity (Wildman–Crippen MR) is 168 cm³/mol. The van der Waals surface area contributed by atoms with Gasteiger partial charge in [0.2, 0.25) is 11.8 Å². The molecule has 0 radical (unpaired) electrons. The SMILES string of the molecule is N#Cc1ccnc(N2C(=O)CC[C@H]2C(=O)N(c2ccc3[nH]ccc3c2)[C@H](C(=O)NC2CC(F)(I)C2)c2ccccc2Cl)c1. The van der Waals surface area contributed by atoms with E-state index >= 15 is 0 Å². The number of nitrogens with zero attached hydrogens (tertiary/aromatic N) is 4. The first-order valence-corrected chi connectivity index (χ1v) is 15.1. The highest BCUT2D eigenvalue weighted by Gasteiger charge is 2.47. The molecule has 2 aliphatic rings. The summed E-state index contributed by atoms with van der Waals surface area (Å²) in [4.78, 5) is 52.1. The number of anilines is 2. The molecule has 2 atom stereocenters. The van der Waals surface area contributed by atoms with Crippen LogP contribution in [-0.2, 0) is 14.4 Å². The van der Waals surface area contributed by atoms with Crippen LogP contribution in [0.1, 0.15) is 42.9 Å². The van der Waals surface area contributed by atoms with Crippen LogP contribution in [0.2, 0.25) is 5.02 Å². The van der Waals surface area contributed by atoms with Crippen molar-refractivity contribution in [2.45, 2.75) is 47.5 Å². The van der Waals surface area contributed by atoms with Gasteiger partial charge < -0.3 is 10.3 Å². The molecule has 0 bridgehead atoms. The number of hydrogen-bond acceptors (Lipinski definition) is 5. The lowest BCUT2D eigenvalue weighted by Gasteiger charge is -2.40. The number of aromatic nitrogens is 2. The molecule has 218 valence electrons. The number of fused-ring (bicyclic) bond motifs is 1. The molecule has 0 unspecified atom stereocenters. The smallest absolute Gasteiger partial charge is 0.251 e. The first-order chi connectivity index (χ1) is 20.6. The summed E-state index contributed by atoms with van der Waals surface area (Å²) in [6.07, 6.45) is 3.73. The maximum absolute atomic E-state index is 14.8. The lowest BCUT2D eigenvalue weighted by Crippen LogP contribution is -2.55. The largest absolute Gasteiger partial charge is 0.361 e. The number of benzene rings is 2. The lowest BCUT2D eigenvalue weighted by molar-refractivity contribution is -0.128. The van der Waals surface area contributed by atoms with Crippen molar-refractivity contribution in [2.24, 2.45) is 0 Å². The summed E-state index contributed by atoms with van der Waals surface area (Å²) >= 11 is 8.39. The molecule has 1 saturated heterocycles. The number of alkyl halides is 2. The van der Waals surface area contributed by atoms with Crippen LogP contribution in [0.4, 0.5) is 15.9 Å². The number of H-pyrrole nitrogens is 1. The van der Waals surface area contributed by atoms with E-state index in [2.05, 4.69) is 15.3 Å². The minimum atomic E-state index is -1.40. The van der Waals surface area contributed by atoms with Gasteiger partial charge in [-0.05, 0) is 71.5 Å². The van der Waals surface area contributed by atoms with Crippen LogP contribution < -0.4 is 15.1 Å². The maximum Gasteiger partial charge on any atom is 0.251 e. The third kappa shape index (κ3) is 5.69. The van der Waals surface area contributed by atoms with Gasteiger partial charge >= 0.3 is 0 Å². The van der Waals surface area contributed by atoms with E-state index in [1.54, 1.807) is 65.2 Å². The Balaban J connectivity index is 1.47. The molecule has 4 aromatic rings. The van der Waals surface area contributed by atoms with Gasteiger partial charge in [0.15, 0.2) is 3.68 Å². The standard InChI is InChI=1S/C31H25ClFIN6O3/c32-23-4-2-1-3-22(23)28(29(42)38-20-15-31(33,34)16-20)39(21-5-6-24-19(14-21)10-12-36-24)30(43)25-7-8-27(41)40(25)26-13-18(17-35)9-11-37-26/h1-6,9-14,20,25,28,36H,7-8,15-16H2,(H,38,42)/t20?,25-,28-,31?/m0/s1. The number of aromatic amines is 1. The second-order valence-electron chi connectivity index (χ2n) is 10.7. The topological polar surface area (TPSA) is 122 Å². The van der Waals surface area contributed by atoms with Crippen molar-refractivity contribution in [3.8, 4) is 6.07 Å². The monoisotopic (exact) mass is 710 g/mol. The number of amides is 3. The Hall–Kier alpha value is -4.02. The van der Waals surface area contributed by atoms with Crippen LogP contribution >= 0.6 is 34.2 Å². The Bertz CT molecular complexity index is 1780. The quantitative estimate of drug-likeness (QED) is 0.187. The highest BCUT2D eigenvalue weighted by atomic mass is 127. The molecule has 1 aliphatic carbocycles. The molecular weight excluding hydrogens is 686 g/mol. The lowest BCUT2D eigenvalue weighted by atomic mass is 9.90. The number of hydrogen-bond donors (Lipinski definition) is 2. The minimum absolute atomic E-state index is 0.0822. The second-order valence-corrected chi connectivity index (χ2v) is 13.0. The maximum atomic E-state index is 14.8. The van der Waals surface area contributed by atoms with E-state index in [4.69, 9.17) is 11.6 Å². The fourth-order valence-corrected chi connectivity index (χ4v) is 7.02. The first-order valence-electron chi connectivity index (χ1n) is 13.7. The van der Waals surface area contributed by atoms with Crippen molar-refractivity contribution >= 4 is 74.3 Å². The molecule has 6 rings (SSSR count). The van der Waals surface area contributed by atoms with Crippen LogP contribution in [0, 0.1) is 11.3 Å². The zero-order chi connectivity index (χ0) is 30.3. The molecule has 12 heteroatoms. The molecule has 2 aromatic carbocycles. The summed E-state index contributed by atoms with van der Waals surface area (Å²) in [6.45, 7) is 0. The summed E-state index contributed by atoms with van der Waals surface area (Å²) in [7, 11) is 0. The molecule has 1 aliphatic heterocycles. The molecule has 3 amide bonds. The molecule has 3 heterocycles. The van der Waals surface area contributed by atoms with E-state index in [9.17, 15) is 24.0 Å². The van der Waals surface area contributed by atoms with Crippen molar-refractivity contribution < 1.29 is 18.8 Å². The molecule has 1 saturated carbocycles. The average Bonchev–Trinajstić information content (AvgIpc) is 3.61. The number of carbonyl (C=O) groups is 3. The van der Waals surface area contributed by atoms with Crippen molar-refractivity contribution in [2.75, 3.05) is 9.80 Å². The van der Waals surface area contributed by atoms with E-state index in [0.29, 0.717) is 16.8 Å². The van der Waals surface area contributed by atoms with Crippen LogP contribution in [0.25, 0.3) is 10.9 Å². The van der Waals surface area contributed by atoms with Crippen LogP contribution in [0.15, 0.2) is 73.1 Å². The van der Waals surface area contributed by atoms with Gasteiger partial charge in [-0.15, -0.1) is 0 Å². The summed E-state index contributed by atoms with van der Waals surface area (Å²) < 4.78 is 12.9. The Morgan fingerprint density at radius 1 is 1.21 bits per heavy atom. The Labute approximate surface area is 265 Å². The van der Waals surface area contributed by atoms with Crippen LogP contribution in [0.5, 0.6) is 0 Å². The predicted octanol–water partition coefficient (Wildman–Crippen LogP) is 5.74. The summed E-state index contributed by atoms with van der Waals surface area (Å²) in [5.41, 5.74) is 1.92. The number of rotatable bonds is 7. The fourth-order valence-electron chi connectivity index (χ4n) is 5.72. The molecule has 2 fully saturated rings. The van der Waals surface area contributed by atoms with Crippen molar-refractivity contribution in [1.29, 1.82) is 5.26 Å². The van der Waals surface area contributed by atoms with Crippen molar-refractivity contribution in [3.05, 3.63) is 89.2 Å². The van der Waals surface area contributed by atoms with Gasteiger partial charge in [-0.2, -0.15) is 5.26 Å². The minimum Gasteiger partial charge on any atom is -0.361 e. The highest BCUT2D eigenvalue weighted by molar-refractivity contribution is 14.1. The van der Waals surface area contributed by atoms with E-state index in [0.717, 1.165) is 10.9 Å². The third-order valence-corrected chi connectivity index (χ3v) is 9.04. The fraction of sp³-hybridized carbons (Fsp3) is 0.258. The Morgan fingerprint density at radius 2 is 2.00 bits per heavy atom. The molecular formula is C31H25ClFIN6O3. The Kier molecular flexibility index (Phi) is 7.83. The zero-order valence-electron chi connectivity index (χ0n) is 22.6. The molecule has 0 spiro atoms. The summed E-state index contributed by atoms with van der Waals surface area (Å²) in [5, 5.41) is 13.4. The van der Waals surface area contributed by atoms with Gasteiger partial charge in [0.25, 0.3) is 5.91 Å². The van der Waals surface area contributed by atoms with Gasteiger partial charge in [-0.3, -0.25) is 24.2 Å². The molecule has 9 nitrogen and oxygen atoms in total. The van der Waals surface area contributed by atoms with Crippen LogP contribution in [-0.4, -0.2) is 43.4 Å². The van der Waals surface area contributed by atoms with Gasteiger partial charge in [-0.1, -0.05) is 29.8 Å². The molecule has 2 aromatic heterocycles. The normalized spacial score (nSPS) is 22.1. The third-order valence-electron chi connectivity index (χ3n) is 7.81. The van der Waals surface area contributed by atoms with E-state index in [1.165, 1.54) is 28.1 Å².